The summed E-state index contributed by atoms with van der Waals surface area (Å²) in [5.74, 6) is 0.182. The third-order valence-electron chi connectivity index (χ3n) is 5.25. The SMILES string of the molecule is CC(C)(C)c1cc(C(P(=O)(O[Si](C)(C)C)O[Si](C)(C)C)P(=O)(O[Si](C)(C)C)O[Si](C)(C)C)cc(C(C)(C)C)c1O. The summed E-state index contributed by atoms with van der Waals surface area (Å²) in [5.41, 5.74) is 0.904. The molecule has 40 heavy (non-hydrogen) atoms. The molecule has 1 rings (SSSR count). The minimum atomic E-state index is -4.17. The molecule has 0 aliphatic heterocycles. The van der Waals surface area contributed by atoms with Crippen LogP contribution in [0.2, 0.25) is 78.6 Å². The van der Waals surface area contributed by atoms with Crippen molar-refractivity contribution in [3.63, 3.8) is 0 Å². The van der Waals surface area contributed by atoms with Gasteiger partial charge in [0.05, 0.1) is 0 Å². The van der Waals surface area contributed by atoms with E-state index in [1.54, 1.807) is 0 Å². The van der Waals surface area contributed by atoms with Gasteiger partial charge in [-0.1, -0.05) is 41.5 Å². The van der Waals surface area contributed by atoms with Crippen molar-refractivity contribution in [2.75, 3.05) is 0 Å². The summed E-state index contributed by atoms with van der Waals surface area (Å²) >= 11 is 0. The Morgan fingerprint density at radius 1 is 0.575 bits per heavy atom. The number of phenols is 1. The first-order valence-corrected chi connectivity index (χ1v) is 31.0. The van der Waals surface area contributed by atoms with Crippen LogP contribution in [0.3, 0.4) is 0 Å². The molecular weight excluding hydrogens is 611 g/mol. The molecule has 1 aromatic rings. The summed E-state index contributed by atoms with van der Waals surface area (Å²) < 4.78 is 56.9. The summed E-state index contributed by atoms with van der Waals surface area (Å²) in [5, 5.41) is 10.2. The van der Waals surface area contributed by atoms with Gasteiger partial charge in [0.1, 0.15) is 5.75 Å². The molecule has 0 fully saturated rings. The van der Waals surface area contributed by atoms with E-state index in [-0.39, 0.29) is 5.75 Å². The Morgan fingerprint density at radius 3 is 0.975 bits per heavy atom. The van der Waals surface area contributed by atoms with Gasteiger partial charge in [0.15, 0.2) is 38.7 Å². The standard InChI is InChI=1S/C27H58O7P2Si4/c1-26(2,3)22-19-21(20-23(24(22)28)27(4,5)6)25(35(29,31-37(7,8)9)32-38(10,11)12)36(30,33-39(13,14)15)34-40(16,17)18/h19-20,25,28H,1-18H3. The maximum absolute atomic E-state index is 15.4. The first-order chi connectivity index (χ1) is 17.2. The second kappa shape index (κ2) is 11.9. The van der Waals surface area contributed by atoms with Crippen LogP contribution in [-0.2, 0) is 36.8 Å². The molecule has 0 heterocycles. The van der Waals surface area contributed by atoms with E-state index in [9.17, 15) is 5.11 Å². The van der Waals surface area contributed by atoms with Crippen molar-refractivity contribution in [2.45, 2.75) is 136 Å². The Morgan fingerprint density at radius 2 is 0.800 bits per heavy atom. The van der Waals surface area contributed by atoms with Gasteiger partial charge in [-0.05, 0) is 118 Å². The number of aromatic hydroxyl groups is 1. The lowest BCUT2D eigenvalue weighted by atomic mass is 9.78. The first kappa shape index (κ1) is 38.2. The van der Waals surface area contributed by atoms with Crippen LogP contribution < -0.4 is 0 Å². The Bertz CT molecular complexity index is 1020. The number of benzene rings is 1. The van der Waals surface area contributed by atoms with Crippen LogP contribution in [-0.4, -0.2) is 38.4 Å². The van der Waals surface area contributed by atoms with Crippen molar-refractivity contribution in [3.8, 4) is 5.75 Å². The first-order valence-electron chi connectivity index (χ1n) is 14.1. The second-order valence-electron chi connectivity index (χ2n) is 16.7. The number of phenolic OH excluding ortho intramolecular Hbond substituents is 1. The Labute approximate surface area is 249 Å². The van der Waals surface area contributed by atoms with Crippen LogP contribution in [0.15, 0.2) is 12.1 Å². The fraction of sp³-hybridized carbons (Fsp3) is 0.778. The van der Waals surface area contributed by atoms with E-state index < -0.39 is 64.7 Å². The molecule has 0 aliphatic carbocycles. The van der Waals surface area contributed by atoms with Crippen LogP contribution in [0.1, 0.15) is 63.6 Å². The van der Waals surface area contributed by atoms with Gasteiger partial charge in [-0.2, -0.15) is 0 Å². The molecule has 0 amide bonds. The highest BCUT2D eigenvalue weighted by atomic mass is 31.2. The highest BCUT2D eigenvalue weighted by Gasteiger charge is 2.57. The molecule has 0 atom stereocenters. The zero-order valence-corrected chi connectivity index (χ0v) is 34.3. The Hall–Kier alpha value is 0.188. The van der Waals surface area contributed by atoms with Crippen LogP contribution >= 0.6 is 15.2 Å². The van der Waals surface area contributed by atoms with Gasteiger partial charge in [0.2, 0.25) is 0 Å². The van der Waals surface area contributed by atoms with E-state index >= 15 is 9.13 Å². The molecule has 0 aromatic heterocycles. The average Bonchev–Trinajstić information content (AvgIpc) is 2.53. The van der Waals surface area contributed by atoms with Crippen molar-refractivity contribution in [2.24, 2.45) is 0 Å². The molecule has 7 nitrogen and oxygen atoms in total. The van der Waals surface area contributed by atoms with Crippen LogP contribution in [0.5, 0.6) is 5.75 Å². The fourth-order valence-corrected chi connectivity index (χ4v) is 23.1. The fourth-order valence-electron chi connectivity index (χ4n) is 4.25. The van der Waals surface area contributed by atoms with Gasteiger partial charge in [0.25, 0.3) is 0 Å². The minimum absolute atomic E-state index is 0.182. The summed E-state index contributed by atoms with van der Waals surface area (Å²) in [6.07, 6.45) is 0. The van der Waals surface area contributed by atoms with Gasteiger partial charge in [0, 0.05) is 0 Å². The molecule has 0 spiro atoms. The average molecular weight is 669 g/mol. The van der Waals surface area contributed by atoms with Gasteiger partial charge in [-0.3, -0.25) is 9.13 Å². The molecular formula is C27H58O7P2Si4. The van der Waals surface area contributed by atoms with Gasteiger partial charge < -0.3 is 22.0 Å². The third-order valence-corrected chi connectivity index (χ3v) is 21.6. The summed E-state index contributed by atoms with van der Waals surface area (Å²) in [7, 11) is -18.4. The largest absolute Gasteiger partial charge is 0.507 e. The highest BCUT2D eigenvalue weighted by Crippen LogP contribution is 2.81. The topological polar surface area (TPSA) is 91.3 Å². The van der Waals surface area contributed by atoms with E-state index in [0.29, 0.717) is 16.7 Å². The zero-order chi connectivity index (χ0) is 32.1. The van der Waals surface area contributed by atoms with E-state index in [2.05, 4.69) is 0 Å². The van der Waals surface area contributed by atoms with E-state index in [1.165, 1.54) is 0 Å². The highest BCUT2D eigenvalue weighted by molar-refractivity contribution is 7.74. The maximum atomic E-state index is 15.4. The maximum Gasteiger partial charge on any atom is 0.330 e. The van der Waals surface area contributed by atoms with Crippen molar-refractivity contribution >= 4 is 48.5 Å². The molecule has 1 N–H and O–H groups in total. The lowest BCUT2D eigenvalue weighted by Crippen LogP contribution is -2.35. The Balaban J connectivity index is 4.50. The molecule has 0 radical (unpaired) electrons. The van der Waals surface area contributed by atoms with Crippen molar-refractivity contribution in [1.82, 2.24) is 0 Å². The number of hydrogen-bond acceptors (Lipinski definition) is 7. The van der Waals surface area contributed by atoms with E-state index in [4.69, 9.17) is 16.9 Å². The van der Waals surface area contributed by atoms with Crippen LogP contribution in [0.25, 0.3) is 0 Å². The number of hydrogen-bond donors (Lipinski definition) is 1. The van der Waals surface area contributed by atoms with Gasteiger partial charge in [-0.15, -0.1) is 0 Å². The monoisotopic (exact) mass is 668 g/mol. The van der Waals surface area contributed by atoms with Crippen LogP contribution in [0, 0.1) is 0 Å². The molecule has 0 bridgehead atoms. The van der Waals surface area contributed by atoms with Gasteiger partial charge in [-0.25, -0.2) is 0 Å². The van der Waals surface area contributed by atoms with E-state index in [0.717, 1.165) is 0 Å². The predicted molar refractivity (Wildman–Crippen MR) is 181 cm³/mol. The van der Waals surface area contributed by atoms with Crippen molar-refractivity contribution < 1.29 is 31.1 Å². The lowest BCUT2D eigenvalue weighted by molar-refractivity contribution is 0.350. The summed E-state index contributed by atoms with van der Waals surface area (Å²) in [6, 6.07) is 3.63. The van der Waals surface area contributed by atoms with Crippen molar-refractivity contribution in [1.29, 1.82) is 0 Å². The second-order valence-corrected chi connectivity index (χ2v) is 40.2. The smallest absolute Gasteiger partial charge is 0.330 e. The molecule has 0 aliphatic rings. The zero-order valence-electron chi connectivity index (χ0n) is 28.5. The molecule has 0 saturated heterocycles. The quantitative estimate of drug-likeness (QED) is 0.185. The third kappa shape index (κ3) is 11.4. The molecule has 1 aromatic carbocycles. The van der Waals surface area contributed by atoms with E-state index in [1.807, 2.05) is 132 Å². The predicted octanol–water partition coefficient (Wildman–Crippen LogP) is 10.8. The van der Waals surface area contributed by atoms with Crippen molar-refractivity contribution in [3.05, 3.63) is 28.8 Å². The minimum Gasteiger partial charge on any atom is -0.507 e. The van der Waals surface area contributed by atoms with Gasteiger partial charge >= 0.3 is 15.2 Å². The molecule has 13 heteroatoms. The molecule has 0 saturated carbocycles. The summed E-state index contributed by atoms with van der Waals surface area (Å²) in [6.45, 7) is 35.5. The lowest BCUT2D eigenvalue weighted by Gasteiger charge is -2.42. The van der Waals surface area contributed by atoms with Crippen LogP contribution in [0.4, 0.5) is 0 Å². The molecule has 0 unspecified atom stereocenters. The molecule has 234 valence electrons. The normalized spacial score (nSPS) is 15.2. The summed E-state index contributed by atoms with van der Waals surface area (Å²) in [4.78, 5) is 0. The Kier molecular flexibility index (Phi) is 11.4. The number of rotatable bonds is 11.